The summed E-state index contributed by atoms with van der Waals surface area (Å²) in [5.74, 6) is -0.0815. The van der Waals surface area contributed by atoms with E-state index in [1.54, 1.807) is 0 Å². The van der Waals surface area contributed by atoms with Crippen LogP contribution < -0.4 is 5.32 Å². The molecule has 20 heavy (non-hydrogen) atoms. The number of alkyl halides is 3. The lowest BCUT2D eigenvalue weighted by Gasteiger charge is -2.03. The van der Waals surface area contributed by atoms with Crippen molar-refractivity contribution < 1.29 is 18.1 Å². The molecule has 1 N–H and O–H groups in total. The molecule has 0 bridgehead atoms. The minimum Gasteiger partial charge on any atom is -0.367 e. The molecule has 2 rings (SSSR count). The number of hydrogen-bond donors (Lipinski definition) is 1. The van der Waals surface area contributed by atoms with Gasteiger partial charge in [-0.1, -0.05) is 0 Å². The smallest absolute Gasteiger partial charge is 0.367 e. The summed E-state index contributed by atoms with van der Waals surface area (Å²) in [5.41, 5.74) is -0.699. The highest BCUT2D eigenvalue weighted by Crippen LogP contribution is 2.39. The fraction of sp³-hybridized carbons (Fsp3) is 0.222. The lowest BCUT2D eigenvalue weighted by Crippen LogP contribution is -2.03. The van der Waals surface area contributed by atoms with Gasteiger partial charge < -0.3 is 5.32 Å². The van der Waals surface area contributed by atoms with Crippen molar-refractivity contribution in [3.8, 4) is 10.6 Å². The summed E-state index contributed by atoms with van der Waals surface area (Å²) in [7, 11) is 1.41. The quantitative estimate of drug-likeness (QED) is 0.692. The van der Waals surface area contributed by atoms with Gasteiger partial charge in [0.15, 0.2) is 10.7 Å². The molecule has 0 aliphatic carbocycles. The van der Waals surface area contributed by atoms with Crippen LogP contribution in [0.3, 0.4) is 0 Å². The van der Waals surface area contributed by atoms with Crippen LogP contribution in [-0.2, 0) is 6.18 Å². The molecular weight excluding hydrogens is 299 g/mol. The Balaban J connectivity index is 2.58. The highest BCUT2D eigenvalue weighted by Gasteiger charge is 2.36. The van der Waals surface area contributed by atoms with Crippen LogP contribution in [0, 0.1) is 10.1 Å². The van der Waals surface area contributed by atoms with Gasteiger partial charge in [0.25, 0.3) is 0 Å². The van der Waals surface area contributed by atoms with E-state index in [1.807, 2.05) is 0 Å². The average molecular weight is 305 g/mol. The Bertz CT molecular complexity index is 657. The number of anilines is 1. The van der Waals surface area contributed by atoms with Crippen molar-refractivity contribution in [3.05, 3.63) is 27.6 Å². The van der Waals surface area contributed by atoms with E-state index in [1.165, 1.54) is 7.05 Å². The van der Waals surface area contributed by atoms with E-state index in [2.05, 4.69) is 20.3 Å². The van der Waals surface area contributed by atoms with Crippen molar-refractivity contribution >= 4 is 22.8 Å². The summed E-state index contributed by atoms with van der Waals surface area (Å²) in [6.45, 7) is 0. The number of halogens is 3. The Labute approximate surface area is 113 Å². The summed E-state index contributed by atoms with van der Waals surface area (Å²) < 4.78 is 37.5. The Hall–Kier alpha value is -2.30. The highest BCUT2D eigenvalue weighted by molar-refractivity contribution is 7.15. The fourth-order valence-corrected chi connectivity index (χ4v) is 2.21. The van der Waals surface area contributed by atoms with Gasteiger partial charge in [-0.25, -0.2) is 15.0 Å². The minimum atomic E-state index is -4.60. The van der Waals surface area contributed by atoms with Gasteiger partial charge in [-0.3, -0.25) is 10.1 Å². The predicted molar refractivity (Wildman–Crippen MR) is 64.3 cm³/mol. The topological polar surface area (TPSA) is 93.8 Å². The maximum atomic E-state index is 12.5. The monoisotopic (exact) mass is 305 g/mol. The second kappa shape index (κ2) is 5.00. The first kappa shape index (κ1) is 14.1. The molecule has 0 unspecified atom stereocenters. The van der Waals surface area contributed by atoms with Crippen LogP contribution >= 0.6 is 11.3 Å². The van der Waals surface area contributed by atoms with Gasteiger partial charge in [0, 0.05) is 13.2 Å². The van der Waals surface area contributed by atoms with Crippen molar-refractivity contribution in [1.29, 1.82) is 0 Å². The first-order chi connectivity index (χ1) is 9.34. The molecule has 2 aromatic rings. The first-order valence-corrected chi connectivity index (χ1v) is 5.86. The SMILES string of the molecule is CNc1ncnc(-c2cnc(C(F)(F)F)s2)c1[N+](=O)[O-]. The Morgan fingerprint density at radius 2 is 2.05 bits per heavy atom. The Morgan fingerprint density at radius 3 is 2.55 bits per heavy atom. The molecule has 0 amide bonds. The number of rotatable bonds is 3. The lowest BCUT2D eigenvalue weighted by atomic mass is 10.3. The summed E-state index contributed by atoms with van der Waals surface area (Å²) in [4.78, 5) is 20.8. The minimum absolute atomic E-state index is 0.0528. The van der Waals surface area contributed by atoms with E-state index >= 15 is 0 Å². The predicted octanol–water partition coefficient (Wildman–Crippen LogP) is 2.57. The number of nitro groups is 1. The average Bonchev–Trinajstić information content (AvgIpc) is 2.86. The molecule has 0 atom stereocenters. The van der Waals surface area contributed by atoms with Crippen LogP contribution in [0.5, 0.6) is 0 Å². The molecule has 0 aliphatic rings. The molecule has 0 aromatic carbocycles. The number of aromatic nitrogens is 3. The molecule has 106 valence electrons. The molecule has 11 heteroatoms. The second-order valence-electron chi connectivity index (χ2n) is 3.45. The Morgan fingerprint density at radius 1 is 1.35 bits per heavy atom. The van der Waals surface area contributed by atoms with Gasteiger partial charge in [-0.15, -0.1) is 11.3 Å². The van der Waals surface area contributed by atoms with Crippen LogP contribution in [0.1, 0.15) is 5.01 Å². The third-order valence-corrected chi connectivity index (χ3v) is 3.27. The zero-order valence-electron chi connectivity index (χ0n) is 9.80. The zero-order chi connectivity index (χ0) is 14.9. The van der Waals surface area contributed by atoms with Gasteiger partial charge in [-0.2, -0.15) is 13.2 Å². The largest absolute Gasteiger partial charge is 0.443 e. The fourth-order valence-electron chi connectivity index (χ4n) is 1.43. The van der Waals surface area contributed by atoms with Crippen LogP contribution in [0.4, 0.5) is 24.7 Å². The highest BCUT2D eigenvalue weighted by atomic mass is 32.1. The van der Waals surface area contributed by atoms with Gasteiger partial charge in [0.2, 0.25) is 5.82 Å². The first-order valence-electron chi connectivity index (χ1n) is 5.05. The molecule has 0 saturated heterocycles. The van der Waals surface area contributed by atoms with Crippen molar-refractivity contribution in [2.24, 2.45) is 0 Å². The molecule has 0 aliphatic heterocycles. The van der Waals surface area contributed by atoms with Gasteiger partial charge in [0.05, 0.1) is 9.80 Å². The van der Waals surface area contributed by atoms with Crippen LogP contribution in [0.2, 0.25) is 0 Å². The zero-order valence-corrected chi connectivity index (χ0v) is 10.6. The maximum absolute atomic E-state index is 12.5. The normalized spacial score (nSPS) is 11.4. The van der Waals surface area contributed by atoms with Gasteiger partial charge in [-0.05, 0) is 0 Å². The van der Waals surface area contributed by atoms with E-state index in [0.29, 0.717) is 0 Å². The number of hydrogen-bond acceptors (Lipinski definition) is 7. The number of nitrogens with zero attached hydrogens (tertiary/aromatic N) is 4. The maximum Gasteiger partial charge on any atom is 0.443 e. The molecule has 2 aromatic heterocycles. The van der Waals surface area contributed by atoms with Crippen LogP contribution in [-0.4, -0.2) is 26.9 Å². The van der Waals surface area contributed by atoms with Gasteiger partial charge in [0.1, 0.15) is 6.33 Å². The summed E-state index contributed by atoms with van der Waals surface area (Å²) >= 11 is 0.285. The molecule has 0 saturated carbocycles. The van der Waals surface area contributed by atoms with Crippen molar-refractivity contribution in [2.75, 3.05) is 12.4 Å². The van der Waals surface area contributed by atoms with E-state index in [9.17, 15) is 23.3 Å². The van der Waals surface area contributed by atoms with Crippen molar-refractivity contribution in [2.45, 2.75) is 6.18 Å². The van der Waals surface area contributed by atoms with Crippen LogP contribution in [0.25, 0.3) is 10.6 Å². The third kappa shape index (κ3) is 2.52. The molecule has 2 heterocycles. The molecular formula is C9H6F3N5O2S. The molecule has 0 radical (unpaired) electrons. The van der Waals surface area contributed by atoms with Gasteiger partial charge >= 0.3 is 11.9 Å². The van der Waals surface area contributed by atoms with Crippen LogP contribution in [0.15, 0.2) is 12.5 Å². The summed E-state index contributed by atoms with van der Waals surface area (Å²) in [6, 6.07) is 0. The number of thiazole rings is 1. The Kier molecular flexibility index (Phi) is 3.53. The third-order valence-electron chi connectivity index (χ3n) is 2.22. The summed E-state index contributed by atoms with van der Waals surface area (Å²) in [6.07, 6.45) is -2.67. The molecule has 0 fully saturated rings. The lowest BCUT2D eigenvalue weighted by molar-refractivity contribution is -0.383. The van der Waals surface area contributed by atoms with E-state index in [4.69, 9.17) is 0 Å². The molecule has 0 spiro atoms. The van der Waals surface area contributed by atoms with E-state index in [0.717, 1.165) is 12.5 Å². The molecule has 7 nitrogen and oxygen atoms in total. The van der Waals surface area contributed by atoms with Crippen molar-refractivity contribution in [1.82, 2.24) is 15.0 Å². The second-order valence-corrected chi connectivity index (χ2v) is 4.48. The van der Waals surface area contributed by atoms with Crippen molar-refractivity contribution in [3.63, 3.8) is 0 Å². The van der Waals surface area contributed by atoms with E-state index < -0.39 is 21.8 Å². The standard InChI is InChI=1S/C9H6F3N5O2S/c1-13-7-6(17(18)19)5(15-3-16-7)4-2-14-8(20-4)9(10,11)12/h2-3H,1H3,(H,13,15,16). The summed E-state index contributed by atoms with van der Waals surface area (Å²) in [5, 5.41) is 12.4. The van der Waals surface area contributed by atoms with E-state index in [-0.39, 0.29) is 27.7 Å². The number of nitrogens with one attached hydrogen (secondary N) is 1.